The average molecular weight is 175 g/mol. The summed E-state index contributed by atoms with van der Waals surface area (Å²) in [5, 5.41) is 10.6. The second-order valence-electron chi connectivity index (χ2n) is 2.37. The van der Waals surface area contributed by atoms with Crippen LogP contribution in [0.1, 0.15) is 13.3 Å². The van der Waals surface area contributed by atoms with E-state index in [0.29, 0.717) is 0 Å². The maximum Gasteiger partial charge on any atom is 0.306 e. The third-order valence-corrected chi connectivity index (χ3v) is 2.64. The number of rotatable bonds is 2. The van der Waals surface area contributed by atoms with Crippen LogP contribution >= 0.6 is 11.8 Å². The maximum absolute atomic E-state index is 10.8. The topological polar surface area (TPSA) is 66.4 Å². The Bertz CT molecular complexity index is 192. The van der Waals surface area contributed by atoms with Gasteiger partial charge in [0.05, 0.1) is 17.0 Å². The predicted octanol–water partition coefficient (Wildman–Crippen LogP) is 0.0387. The van der Waals surface area contributed by atoms with Gasteiger partial charge in [-0.1, -0.05) is 0 Å². The largest absolute Gasteiger partial charge is 0.481 e. The SMILES string of the molecule is CC1SC(CC(=O)O)NC1=O. The highest BCUT2D eigenvalue weighted by molar-refractivity contribution is 8.01. The molecular formula is C6H9NO3S. The Morgan fingerprint density at radius 1 is 1.82 bits per heavy atom. The number of amides is 1. The normalized spacial score (nSPS) is 30.1. The van der Waals surface area contributed by atoms with Crippen LogP contribution in [0.15, 0.2) is 0 Å². The molecule has 1 rings (SSSR count). The quantitative estimate of drug-likeness (QED) is 0.621. The highest BCUT2D eigenvalue weighted by atomic mass is 32.2. The van der Waals surface area contributed by atoms with Gasteiger partial charge in [0.2, 0.25) is 5.91 Å². The molecule has 5 heteroatoms. The van der Waals surface area contributed by atoms with Crippen LogP contribution in [-0.2, 0) is 9.59 Å². The first-order chi connectivity index (χ1) is 5.09. The van der Waals surface area contributed by atoms with Gasteiger partial charge in [-0.3, -0.25) is 9.59 Å². The fourth-order valence-electron chi connectivity index (χ4n) is 0.876. The van der Waals surface area contributed by atoms with Crippen molar-refractivity contribution < 1.29 is 14.7 Å². The Labute approximate surface area is 68.3 Å². The lowest BCUT2D eigenvalue weighted by atomic mass is 10.4. The van der Waals surface area contributed by atoms with Gasteiger partial charge in [0.25, 0.3) is 0 Å². The molecule has 2 N–H and O–H groups in total. The van der Waals surface area contributed by atoms with Gasteiger partial charge in [-0.05, 0) is 6.92 Å². The summed E-state index contributed by atoms with van der Waals surface area (Å²) >= 11 is 1.36. The highest BCUT2D eigenvalue weighted by Gasteiger charge is 2.30. The minimum Gasteiger partial charge on any atom is -0.481 e. The molecule has 1 amide bonds. The number of hydrogen-bond acceptors (Lipinski definition) is 3. The van der Waals surface area contributed by atoms with Crippen LogP contribution in [0.25, 0.3) is 0 Å². The van der Waals surface area contributed by atoms with Crippen molar-refractivity contribution in [3.8, 4) is 0 Å². The molecule has 2 atom stereocenters. The number of carbonyl (C=O) groups excluding carboxylic acids is 1. The molecule has 1 aliphatic rings. The lowest BCUT2D eigenvalue weighted by Gasteiger charge is -2.03. The first kappa shape index (κ1) is 8.39. The van der Waals surface area contributed by atoms with Gasteiger partial charge >= 0.3 is 5.97 Å². The molecule has 0 aromatic heterocycles. The summed E-state index contributed by atoms with van der Waals surface area (Å²) in [5.74, 6) is -0.946. The first-order valence-electron chi connectivity index (χ1n) is 3.27. The van der Waals surface area contributed by atoms with Gasteiger partial charge in [-0.15, -0.1) is 11.8 Å². The minimum atomic E-state index is -0.878. The lowest BCUT2D eigenvalue weighted by molar-refractivity contribution is -0.137. The van der Waals surface area contributed by atoms with Gasteiger partial charge in [0, 0.05) is 0 Å². The fourth-order valence-corrected chi connectivity index (χ4v) is 1.98. The smallest absolute Gasteiger partial charge is 0.306 e. The molecule has 4 nitrogen and oxygen atoms in total. The number of aliphatic carboxylic acids is 1. The Morgan fingerprint density at radius 3 is 2.82 bits per heavy atom. The van der Waals surface area contributed by atoms with Crippen LogP contribution in [0.4, 0.5) is 0 Å². The summed E-state index contributed by atoms with van der Waals surface area (Å²) in [4.78, 5) is 21.0. The summed E-state index contributed by atoms with van der Waals surface area (Å²) in [5.41, 5.74) is 0. The van der Waals surface area contributed by atoms with Crippen molar-refractivity contribution in [1.29, 1.82) is 0 Å². The molecular weight excluding hydrogens is 166 g/mol. The van der Waals surface area contributed by atoms with Crippen LogP contribution in [0.3, 0.4) is 0 Å². The zero-order chi connectivity index (χ0) is 8.43. The molecule has 1 heterocycles. The monoisotopic (exact) mass is 175 g/mol. The Kier molecular flexibility index (Phi) is 2.38. The molecule has 0 bridgehead atoms. The van der Waals surface area contributed by atoms with E-state index in [1.165, 1.54) is 11.8 Å². The Hall–Kier alpha value is -0.710. The number of carboxylic acids is 1. The van der Waals surface area contributed by atoms with E-state index >= 15 is 0 Å². The van der Waals surface area contributed by atoms with Crippen molar-refractivity contribution in [2.24, 2.45) is 0 Å². The van der Waals surface area contributed by atoms with E-state index < -0.39 is 5.97 Å². The van der Waals surface area contributed by atoms with Crippen molar-refractivity contribution in [3.63, 3.8) is 0 Å². The molecule has 0 spiro atoms. The van der Waals surface area contributed by atoms with Crippen LogP contribution in [0, 0.1) is 0 Å². The number of nitrogens with one attached hydrogen (secondary N) is 1. The zero-order valence-electron chi connectivity index (χ0n) is 6.03. The molecule has 1 aliphatic heterocycles. The molecule has 0 aromatic carbocycles. The standard InChI is InChI=1S/C6H9NO3S/c1-3-6(10)7-4(11-3)2-5(8)9/h3-4H,2H2,1H3,(H,7,10)(H,8,9). The van der Waals surface area contributed by atoms with Crippen molar-refractivity contribution in [3.05, 3.63) is 0 Å². The first-order valence-corrected chi connectivity index (χ1v) is 4.21. The Balaban J connectivity index is 2.41. The van der Waals surface area contributed by atoms with Gasteiger partial charge in [-0.2, -0.15) is 0 Å². The van der Waals surface area contributed by atoms with Gasteiger partial charge in [0.15, 0.2) is 0 Å². The summed E-state index contributed by atoms with van der Waals surface area (Å²) < 4.78 is 0. The summed E-state index contributed by atoms with van der Waals surface area (Å²) in [6.07, 6.45) is 0.000741. The summed E-state index contributed by atoms with van der Waals surface area (Å²) in [6.45, 7) is 1.77. The van der Waals surface area contributed by atoms with Crippen molar-refractivity contribution in [2.45, 2.75) is 24.0 Å². The van der Waals surface area contributed by atoms with Crippen molar-refractivity contribution in [2.75, 3.05) is 0 Å². The fraction of sp³-hybridized carbons (Fsp3) is 0.667. The van der Waals surface area contributed by atoms with Gasteiger partial charge in [0.1, 0.15) is 0 Å². The molecule has 1 saturated heterocycles. The second kappa shape index (κ2) is 3.13. The number of hydrogen-bond donors (Lipinski definition) is 2. The maximum atomic E-state index is 10.8. The highest BCUT2D eigenvalue weighted by Crippen LogP contribution is 2.24. The summed E-state index contributed by atoms with van der Waals surface area (Å²) in [6, 6.07) is 0. The number of carboxylic acid groups (broad SMARTS) is 1. The second-order valence-corrected chi connectivity index (χ2v) is 3.92. The molecule has 0 radical (unpaired) electrons. The van der Waals surface area contributed by atoms with Crippen LogP contribution in [-0.4, -0.2) is 27.6 Å². The van der Waals surface area contributed by atoms with Gasteiger partial charge < -0.3 is 10.4 Å². The molecule has 11 heavy (non-hydrogen) atoms. The molecule has 0 aromatic rings. The third-order valence-electron chi connectivity index (χ3n) is 1.40. The third kappa shape index (κ3) is 2.11. The predicted molar refractivity (Wildman–Crippen MR) is 41.2 cm³/mol. The molecule has 1 fully saturated rings. The van der Waals surface area contributed by atoms with Crippen LogP contribution in [0.2, 0.25) is 0 Å². The number of carbonyl (C=O) groups is 2. The van der Waals surface area contributed by atoms with E-state index in [1.54, 1.807) is 6.92 Å². The van der Waals surface area contributed by atoms with Crippen LogP contribution < -0.4 is 5.32 Å². The van der Waals surface area contributed by atoms with E-state index in [4.69, 9.17) is 5.11 Å². The molecule has 2 unspecified atom stereocenters. The van der Waals surface area contributed by atoms with Crippen molar-refractivity contribution in [1.82, 2.24) is 5.32 Å². The van der Waals surface area contributed by atoms with E-state index in [2.05, 4.69) is 5.32 Å². The zero-order valence-corrected chi connectivity index (χ0v) is 6.85. The molecule has 62 valence electrons. The van der Waals surface area contributed by atoms with E-state index in [-0.39, 0.29) is 23.0 Å². The molecule has 0 saturated carbocycles. The average Bonchev–Trinajstić information content (AvgIpc) is 2.10. The Morgan fingerprint density at radius 2 is 2.45 bits per heavy atom. The number of thioether (sulfide) groups is 1. The minimum absolute atomic E-state index is 0.000741. The van der Waals surface area contributed by atoms with E-state index in [1.807, 2.05) is 0 Å². The van der Waals surface area contributed by atoms with E-state index in [0.717, 1.165) is 0 Å². The van der Waals surface area contributed by atoms with Crippen LogP contribution in [0.5, 0.6) is 0 Å². The summed E-state index contributed by atoms with van der Waals surface area (Å²) in [7, 11) is 0. The van der Waals surface area contributed by atoms with Crippen molar-refractivity contribution >= 4 is 23.6 Å². The van der Waals surface area contributed by atoms with Gasteiger partial charge in [-0.25, -0.2) is 0 Å². The van der Waals surface area contributed by atoms with E-state index in [9.17, 15) is 9.59 Å². The molecule has 0 aliphatic carbocycles. The lowest BCUT2D eigenvalue weighted by Crippen LogP contribution is -2.28.